The zero-order valence-electron chi connectivity index (χ0n) is 13.1. The van der Waals surface area contributed by atoms with Crippen LogP contribution in [0.25, 0.3) is 5.69 Å². The van der Waals surface area contributed by atoms with E-state index in [1.165, 1.54) is 18.5 Å². The molecule has 2 rings (SSSR count). The third kappa shape index (κ3) is 4.99. The van der Waals surface area contributed by atoms with Gasteiger partial charge in [0.15, 0.2) is 0 Å². The Morgan fingerprint density at radius 1 is 1.14 bits per heavy atom. The number of hydrogen-bond acceptors (Lipinski definition) is 3. The van der Waals surface area contributed by atoms with Crippen molar-refractivity contribution in [1.29, 1.82) is 0 Å². The molecule has 4 heteroatoms. The molecule has 0 saturated heterocycles. The standard InChI is InChI=1S/C17H26N4/c1-3-12-20(4-2)14-11-18-15-16-6-8-17(9-7-16)21-13-5-10-19-21/h5-10,13,18H,3-4,11-12,14-15H2,1-2H3. The van der Waals surface area contributed by atoms with Crippen molar-refractivity contribution in [1.82, 2.24) is 20.0 Å². The Kier molecular flexibility index (Phi) is 6.44. The van der Waals surface area contributed by atoms with Crippen molar-refractivity contribution in [2.45, 2.75) is 26.8 Å². The first-order valence-electron chi connectivity index (χ1n) is 7.85. The molecule has 0 aliphatic carbocycles. The molecule has 0 unspecified atom stereocenters. The summed E-state index contributed by atoms with van der Waals surface area (Å²) in [4.78, 5) is 2.48. The van der Waals surface area contributed by atoms with Crippen molar-refractivity contribution in [2.75, 3.05) is 26.2 Å². The number of hydrogen-bond donors (Lipinski definition) is 1. The van der Waals surface area contributed by atoms with E-state index in [2.05, 4.69) is 53.4 Å². The van der Waals surface area contributed by atoms with Crippen LogP contribution in [0.15, 0.2) is 42.7 Å². The molecule has 1 aromatic carbocycles. The number of rotatable bonds is 9. The summed E-state index contributed by atoms with van der Waals surface area (Å²) in [7, 11) is 0. The van der Waals surface area contributed by atoms with Crippen LogP contribution >= 0.6 is 0 Å². The normalized spacial score (nSPS) is 11.2. The number of likely N-dealkylation sites (N-methyl/N-ethyl adjacent to an activating group) is 1. The van der Waals surface area contributed by atoms with Gasteiger partial charge < -0.3 is 10.2 Å². The van der Waals surface area contributed by atoms with Crippen LogP contribution in [0.3, 0.4) is 0 Å². The van der Waals surface area contributed by atoms with Crippen LogP contribution in [-0.2, 0) is 6.54 Å². The molecule has 1 heterocycles. The molecule has 0 saturated carbocycles. The molecule has 0 amide bonds. The Balaban J connectivity index is 1.74. The Labute approximate surface area is 127 Å². The van der Waals surface area contributed by atoms with E-state index in [1.807, 2.05) is 16.9 Å². The largest absolute Gasteiger partial charge is 0.311 e. The van der Waals surface area contributed by atoms with Crippen molar-refractivity contribution < 1.29 is 0 Å². The molecule has 2 aromatic rings. The highest BCUT2D eigenvalue weighted by molar-refractivity contribution is 5.33. The summed E-state index contributed by atoms with van der Waals surface area (Å²) in [5.41, 5.74) is 2.41. The van der Waals surface area contributed by atoms with Gasteiger partial charge in [-0.05, 0) is 43.3 Å². The number of nitrogens with zero attached hydrogens (tertiary/aromatic N) is 3. The molecule has 0 spiro atoms. The van der Waals surface area contributed by atoms with E-state index < -0.39 is 0 Å². The van der Waals surface area contributed by atoms with Gasteiger partial charge in [0, 0.05) is 32.0 Å². The summed E-state index contributed by atoms with van der Waals surface area (Å²) >= 11 is 0. The SMILES string of the molecule is CCCN(CC)CCNCc1ccc(-n2cccn2)cc1. The van der Waals surface area contributed by atoms with Crippen molar-refractivity contribution in [3.63, 3.8) is 0 Å². The maximum Gasteiger partial charge on any atom is 0.0645 e. The lowest BCUT2D eigenvalue weighted by atomic mass is 10.2. The zero-order chi connectivity index (χ0) is 14.9. The number of aromatic nitrogens is 2. The van der Waals surface area contributed by atoms with Crippen LogP contribution < -0.4 is 5.32 Å². The molecule has 114 valence electrons. The maximum atomic E-state index is 4.23. The average molecular weight is 286 g/mol. The van der Waals surface area contributed by atoms with Gasteiger partial charge >= 0.3 is 0 Å². The Hall–Kier alpha value is -1.65. The summed E-state index contributed by atoms with van der Waals surface area (Å²) in [6.45, 7) is 9.86. The fourth-order valence-electron chi connectivity index (χ4n) is 2.40. The number of benzene rings is 1. The third-order valence-electron chi connectivity index (χ3n) is 3.63. The molecule has 0 radical (unpaired) electrons. The van der Waals surface area contributed by atoms with E-state index in [9.17, 15) is 0 Å². The predicted octanol–water partition coefficient (Wildman–Crippen LogP) is 2.69. The summed E-state index contributed by atoms with van der Waals surface area (Å²) in [5, 5.41) is 7.75. The van der Waals surface area contributed by atoms with Crippen LogP contribution in [0.4, 0.5) is 0 Å². The first-order valence-corrected chi connectivity index (χ1v) is 7.85. The Morgan fingerprint density at radius 3 is 2.57 bits per heavy atom. The highest BCUT2D eigenvalue weighted by atomic mass is 15.3. The average Bonchev–Trinajstić information content (AvgIpc) is 3.05. The second-order valence-electron chi connectivity index (χ2n) is 5.23. The molecule has 21 heavy (non-hydrogen) atoms. The molecular formula is C17H26N4. The van der Waals surface area contributed by atoms with Gasteiger partial charge in [0.1, 0.15) is 0 Å². The monoisotopic (exact) mass is 286 g/mol. The summed E-state index contributed by atoms with van der Waals surface area (Å²) in [6, 6.07) is 10.5. The van der Waals surface area contributed by atoms with Crippen molar-refractivity contribution in [2.24, 2.45) is 0 Å². The van der Waals surface area contributed by atoms with Crippen LogP contribution in [0.2, 0.25) is 0 Å². The summed E-state index contributed by atoms with van der Waals surface area (Å²) < 4.78 is 1.88. The van der Waals surface area contributed by atoms with Crippen LogP contribution in [0.5, 0.6) is 0 Å². The lowest BCUT2D eigenvalue weighted by Gasteiger charge is -2.19. The second kappa shape index (κ2) is 8.60. The summed E-state index contributed by atoms with van der Waals surface area (Å²) in [6.07, 6.45) is 4.98. The number of nitrogens with one attached hydrogen (secondary N) is 1. The van der Waals surface area contributed by atoms with Gasteiger partial charge in [0.05, 0.1) is 5.69 Å². The Bertz CT molecular complexity index is 490. The molecule has 0 atom stereocenters. The fraction of sp³-hybridized carbons (Fsp3) is 0.471. The van der Waals surface area contributed by atoms with E-state index in [0.29, 0.717) is 0 Å². The molecule has 4 nitrogen and oxygen atoms in total. The van der Waals surface area contributed by atoms with Crippen LogP contribution in [0, 0.1) is 0 Å². The van der Waals surface area contributed by atoms with E-state index in [-0.39, 0.29) is 0 Å². The van der Waals surface area contributed by atoms with Gasteiger partial charge in [0.25, 0.3) is 0 Å². The first-order chi connectivity index (χ1) is 10.3. The highest BCUT2D eigenvalue weighted by Gasteiger charge is 2.00. The van der Waals surface area contributed by atoms with Gasteiger partial charge in [-0.15, -0.1) is 0 Å². The summed E-state index contributed by atoms with van der Waals surface area (Å²) in [5.74, 6) is 0. The highest BCUT2D eigenvalue weighted by Crippen LogP contribution is 2.08. The molecule has 0 fully saturated rings. The minimum absolute atomic E-state index is 0.920. The van der Waals surface area contributed by atoms with E-state index >= 15 is 0 Å². The van der Waals surface area contributed by atoms with Gasteiger partial charge in [-0.25, -0.2) is 4.68 Å². The van der Waals surface area contributed by atoms with E-state index in [1.54, 1.807) is 6.20 Å². The molecule has 0 bridgehead atoms. The Morgan fingerprint density at radius 2 is 1.95 bits per heavy atom. The van der Waals surface area contributed by atoms with Crippen LogP contribution in [-0.4, -0.2) is 40.9 Å². The minimum atomic E-state index is 0.920. The fourth-order valence-corrected chi connectivity index (χ4v) is 2.40. The third-order valence-corrected chi connectivity index (χ3v) is 3.63. The molecular weight excluding hydrogens is 260 g/mol. The quantitative estimate of drug-likeness (QED) is 0.720. The van der Waals surface area contributed by atoms with E-state index in [4.69, 9.17) is 0 Å². The van der Waals surface area contributed by atoms with Crippen molar-refractivity contribution in [3.8, 4) is 5.69 Å². The second-order valence-corrected chi connectivity index (χ2v) is 5.23. The smallest absolute Gasteiger partial charge is 0.0645 e. The molecule has 1 aromatic heterocycles. The van der Waals surface area contributed by atoms with Crippen molar-refractivity contribution in [3.05, 3.63) is 48.3 Å². The lowest BCUT2D eigenvalue weighted by molar-refractivity contribution is 0.287. The van der Waals surface area contributed by atoms with Gasteiger partial charge in [0.2, 0.25) is 0 Å². The topological polar surface area (TPSA) is 33.1 Å². The molecule has 1 N–H and O–H groups in total. The van der Waals surface area contributed by atoms with Gasteiger partial charge in [-0.3, -0.25) is 0 Å². The van der Waals surface area contributed by atoms with Gasteiger partial charge in [-0.2, -0.15) is 5.10 Å². The van der Waals surface area contributed by atoms with Crippen molar-refractivity contribution >= 4 is 0 Å². The molecule has 0 aliphatic rings. The minimum Gasteiger partial charge on any atom is -0.311 e. The zero-order valence-corrected chi connectivity index (χ0v) is 13.1. The van der Waals surface area contributed by atoms with Gasteiger partial charge in [-0.1, -0.05) is 26.0 Å². The van der Waals surface area contributed by atoms with E-state index in [0.717, 1.165) is 31.9 Å². The predicted molar refractivity (Wildman–Crippen MR) is 87.7 cm³/mol. The molecule has 0 aliphatic heterocycles. The van der Waals surface area contributed by atoms with Crippen LogP contribution in [0.1, 0.15) is 25.8 Å². The maximum absolute atomic E-state index is 4.23. The first kappa shape index (κ1) is 15.7. The lowest BCUT2D eigenvalue weighted by Crippen LogP contribution is -2.32.